The minimum absolute atomic E-state index is 0. The van der Waals surface area contributed by atoms with Crippen molar-refractivity contribution in [2.75, 3.05) is 0 Å². The molecule has 0 aliphatic rings. The van der Waals surface area contributed by atoms with E-state index in [0.29, 0.717) is 22.1 Å². The van der Waals surface area contributed by atoms with Crippen LogP contribution in [0.2, 0.25) is 0 Å². The Morgan fingerprint density at radius 3 is 1.76 bits per heavy atom. The second-order valence-electron chi connectivity index (χ2n) is 6.64. The molecule has 11 nitrogen and oxygen atoms in total. The summed E-state index contributed by atoms with van der Waals surface area (Å²) in [5.74, 6) is -0.154. The molecule has 0 aliphatic carbocycles. The van der Waals surface area contributed by atoms with Crippen LogP contribution >= 0.6 is 0 Å². The summed E-state index contributed by atoms with van der Waals surface area (Å²) >= 11 is 0. The van der Waals surface area contributed by atoms with Crippen molar-refractivity contribution in [2.45, 2.75) is 4.90 Å². The van der Waals surface area contributed by atoms with E-state index in [9.17, 15) is 18.1 Å². The number of hydrogen-bond acceptors (Lipinski definition) is 11. The second-order valence-corrected chi connectivity index (χ2v) is 8.43. The van der Waals surface area contributed by atoms with Gasteiger partial charge in [0.15, 0.2) is 0 Å². The molecule has 1 N–H and O–H groups in total. The van der Waals surface area contributed by atoms with E-state index in [0.717, 1.165) is 11.8 Å². The monoisotopic (exact) mass is 556 g/mol. The second kappa shape index (κ2) is 15.2. The summed E-state index contributed by atoms with van der Waals surface area (Å²) in [5, 5.41) is 27.4. The molecule has 0 heterocycles. The molecule has 0 spiro atoms. The molecule has 0 unspecified atom stereocenters. The van der Waals surface area contributed by atoms with Gasteiger partial charge >= 0.3 is 69.7 Å². The van der Waals surface area contributed by atoms with Crippen LogP contribution in [0.5, 0.6) is 5.75 Å². The fourth-order valence-corrected chi connectivity index (χ4v) is 3.23. The van der Waals surface area contributed by atoms with Crippen LogP contribution in [-0.2, 0) is 20.7 Å². The van der Waals surface area contributed by atoms with Crippen LogP contribution in [0.4, 0.5) is 22.7 Å². The molecule has 0 aliphatic heterocycles. The van der Waals surface area contributed by atoms with Crippen molar-refractivity contribution in [1.29, 1.82) is 0 Å². The molecule has 0 fully saturated rings. The summed E-state index contributed by atoms with van der Waals surface area (Å²) in [7, 11) is -7.72. The van der Waals surface area contributed by atoms with E-state index in [2.05, 4.69) is 26.5 Å². The van der Waals surface area contributed by atoms with Gasteiger partial charge in [-0.15, -0.1) is 41.6 Å². The van der Waals surface area contributed by atoms with Gasteiger partial charge < -0.3 is 9.66 Å². The van der Waals surface area contributed by atoms with Gasteiger partial charge in [-0.1, -0.05) is 24.3 Å². The number of fused-ring (bicyclic) bond motifs is 1. The van der Waals surface area contributed by atoms with Gasteiger partial charge in [-0.2, -0.15) is 20.5 Å². The van der Waals surface area contributed by atoms with E-state index in [1.54, 1.807) is 24.3 Å². The van der Waals surface area contributed by atoms with E-state index in [1.165, 1.54) is 18.2 Å². The standard InChI is InChI=1S/C22H15N4O4S.2Na.O3S/c27-21-13-6-15-14-19(31(28,29)30)11-12-20(15)22(21)26-25-18-9-7-17(8-10-18)24-23-16-4-2-1-3-5-16;;;1-4(2)3/h1-11,13-14,27H,(H,28,29,30);;;/q-1;2*+1;/p-1. The molecule has 0 saturated carbocycles. The Labute approximate surface area is 257 Å². The van der Waals surface area contributed by atoms with Crippen LogP contribution in [-0.4, -0.2) is 30.7 Å². The molecule has 4 aromatic rings. The van der Waals surface area contributed by atoms with Gasteiger partial charge in [-0.05, 0) is 47.4 Å². The van der Waals surface area contributed by atoms with Crippen molar-refractivity contribution in [3.8, 4) is 5.75 Å². The summed E-state index contributed by atoms with van der Waals surface area (Å²) in [6, 6.07) is 23.9. The van der Waals surface area contributed by atoms with Gasteiger partial charge in [0.2, 0.25) is 0 Å². The number of phenolic OH excluding ortho intramolecular Hbond substituents is 1. The maximum Gasteiger partial charge on any atom is 1.00 e. The zero-order valence-electron chi connectivity index (χ0n) is 19.5. The van der Waals surface area contributed by atoms with Gasteiger partial charge in [0.1, 0.15) is 5.75 Å². The van der Waals surface area contributed by atoms with Crippen molar-refractivity contribution in [3.05, 3.63) is 84.9 Å². The van der Waals surface area contributed by atoms with Gasteiger partial charge in [0.05, 0.1) is 32.9 Å². The maximum atomic E-state index is 11.2. The van der Waals surface area contributed by atoms with Crippen LogP contribution in [0.1, 0.15) is 0 Å². The molecule has 0 saturated heterocycles. The topological polar surface area (TPSA) is 178 Å². The number of aromatic hydroxyl groups is 1. The first-order valence-electron chi connectivity index (χ1n) is 9.52. The van der Waals surface area contributed by atoms with Crippen LogP contribution in [0.3, 0.4) is 0 Å². The predicted octanol–water partition coefficient (Wildman–Crippen LogP) is -0.916. The molecule has 0 bridgehead atoms. The number of phenols is 1. The third kappa shape index (κ3) is 10.2. The Morgan fingerprint density at radius 2 is 1.24 bits per heavy atom. The SMILES string of the molecule is O=S(=O)([O-])c1c[c-]c2c(N=Nc3ccc(N=Nc4ccccc4)cc3)c(O)ccc2c1.O=S(=O)=O.[Na+].[Na+]. The van der Waals surface area contributed by atoms with Crippen molar-refractivity contribution in [2.24, 2.45) is 20.5 Å². The quantitative estimate of drug-likeness (QED) is 0.143. The molecule has 0 atom stereocenters. The molecule has 4 rings (SSSR count). The summed E-state index contributed by atoms with van der Waals surface area (Å²) in [4.78, 5) is -0.408. The van der Waals surface area contributed by atoms with E-state index in [-0.39, 0.29) is 70.6 Å². The molecule has 0 radical (unpaired) electrons. The van der Waals surface area contributed by atoms with Crippen LogP contribution < -0.4 is 59.1 Å². The molecule has 37 heavy (non-hydrogen) atoms. The third-order valence-electron chi connectivity index (χ3n) is 4.29. The molecular formula is C22H14N4Na2O7S2. The first-order valence-corrected chi connectivity index (χ1v) is 11.9. The van der Waals surface area contributed by atoms with E-state index in [4.69, 9.17) is 12.6 Å². The van der Waals surface area contributed by atoms with E-state index < -0.39 is 25.6 Å². The van der Waals surface area contributed by atoms with Crippen LogP contribution in [0.25, 0.3) is 10.8 Å². The molecule has 0 aromatic heterocycles. The summed E-state index contributed by atoms with van der Waals surface area (Å²) < 4.78 is 59.0. The molecule has 4 aromatic carbocycles. The number of nitrogens with zero attached hydrogens (tertiary/aromatic N) is 4. The van der Waals surface area contributed by atoms with Crippen molar-refractivity contribution in [1.82, 2.24) is 0 Å². The number of rotatable bonds is 5. The van der Waals surface area contributed by atoms with Crippen LogP contribution in [0, 0.1) is 6.07 Å². The van der Waals surface area contributed by atoms with E-state index in [1.807, 2.05) is 30.3 Å². The average molecular weight is 556 g/mol. The zero-order chi connectivity index (χ0) is 25.4. The van der Waals surface area contributed by atoms with E-state index >= 15 is 0 Å². The first-order chi connectivity index (χ1) is 16.6. The summed E-state index contributed by atoms with van der Waals surface area (Å²) in [5.41, 5.74) is 1.99. The summed E-state index contributed by atoms with van der Waals surface area (Å²) in [6.07, 6.45) is 0. The Kier molecular flexibility index (Phi) is 13.4. The Morgan fingerprint density at radius 1 is 0.757 bits per heavy atom. The number of hydrogen-bond donors (Lipinski definition) is 1. The first kappa shape index (κ1) is 32.7. The van der Waals surface area contributed by atoms with Gasteiger partial charge in [0, 0.05) is 0 Å². The number of azo groups is 2. The maximum absolute atomic E-state index is 11.2. The molecule has 178 valence electrons. The average Bonchev–Trinajstić information content (AvgIpc) is 2.82. The number of benzene rings is 4. The predicted molar refractivity (Wildman–Crippen MR) is 123 cm³/mol. The summed E-state index contributed by atoms with van der Waals surface area (Å²) in [6.45, 7) is 0. The van der Waals surface area contributed by atoms with Gasteiger partial charge in [-0.3, -0.25) is 0 Å². The fraction of sp³-hybridized carbons (Fsp3) is 0. The molecular weight excluding hydrogens is 542 g/mol. The Bertz CT molecular complexity index is 1630. The minimum atomic E-state index is -4.61. The Hall–Kier alpha value is -2.33. The Balaban J connectivity index is 0.00000107. The van der Waals surface area contributed by atoms with Crippen LogP contribution in [0.15, 0.2) is 104 Å². The minimum Gasteiger partial charge on any atom is -0.752 e. The van der Waals surface area contributed by atoms with Crippen molar-refractivity contribution in [3.63, 3.8) is 0 Å². The molecule has 0 amide bonds. The largest absolute Gasteiger partial charge is 1.00 e. The normalized spacial score (nSPS) is 10.8. The molecule has 15 heteroatoms. The van der Waals surface area contributed by atoms with Crippen molar-refractivity contribution >= 4 is 54.2 Å². The van der Waals surface area contributed by atoms with Gasteiger partial charge in [0.25, 0.3) is 0 Å². The fourth-order valence-electron chi connectivity index (χ4n) is 2.76. The van der Waals surface area contributed by atoms with Gasteiger partial charge in [-0.25, -0.2) is 8.42 Å². The smallest absolute Gasteiger partial charge is 0.752 e. The van der Waals surface area contributed by atoms with Crippen molar-refractivity contribution < 1.29 is 89.8 Å². The third-order valence-corrected chi connectivity index (χ3v) is 5.10. The zero-order valence-corrected chi connectivity index (χ0v) is 25.1.